The van der Waals surface area contributed by atoms with Crippen LogP contribution in [0.3, 0.4) is 0 Å². The van der Waals surface area contributed by atoms with Crippen LogP contribution in [0.2, 0.25) is 5.02 Å². The van der Waals surface area contributed by atoms with Gasteiger partial charge in [0.05, 0.1) is 29.5 Å². The number of rotatable bonds is 15. The van der Waals surface area contributed by atoms with E-state index in [1.165, 1.54) is 13.2 Å². The van der Waals surface area contributed by atoms with Crippen LogP contribution in [0, 0.1) is 10.1 Å². The molecule has 0 radical (unpaired) electrons. The maximum Gasteiger partial charge on any atom is 0.289 e. The monoisotopic (exact) mass is 654 g/mol. The van der Waals surface area contributed by atoms with E-state index >= 15 is 0 Å². The predicted octanol–water partition coefficient (Wildman–Crippen LogP) is 5.33. The van der Waals surface area contributed by atoms with Gasteiger partial charge in [0.25, 0.3) is 5.69 Å². The molecule has 0 spiro atoms. The maximum absolute atomic E-state index is 13.6. The third-order valence-corrected chi connectivity index (χ3v) is 8.97. The summed E-state index contributed by atoms with van der Waals surface area (Å²) in [6.07, 6.45) is 3.54. The van der Waals surface area contributed by atoms with Crippen LogP contribution in [0.4, 0.5) is 5.69 Å². The topological polar surface area (TPSA) is 115 Å². The number of halogens is 2. The van der Waals surface area contributed by atoms with Gasteiger partial charge in [-0.25, -0.2) is 8.42 Å². The van der Waals surface area contributed by atoms with Gasteiger partial charge in [-0.2, -0.15) is 4.31 Å². The van der Waals surface area contributed by atoms with Crippen molar-refractivity contribution in [2.24, 2.45) is 0 Å². The number of benzene rings is 2. The number of hydrogen-bond acceptors (Lipinski definition) is 6. The molecule has 0 fully saturated rings. The van der Waals surface area contributed by atoms with Gasteiger partial charge in [0, 0.05) is 49.2 Å². The second kappa shape index (κ2) is 14.7. The molecule has 0 N–H and O–H groups in total. The number of aromatic nitrogens is 1. The summed E-state index contributed by atoms with van der Waals surface area (Å²) < 4.78 is 36.2. The summed E-state index contributed by atoms with van der Waals surface area (Å²) in [5.41, 5.74) is 1.48. The number of carbonyl (C=O) groups excluding carboxylic acids is 1. The quantitative estimate of drug-likeness (QED) is 0.162. The first-order valence-corrected chi connectivity index (χ1v) is 15.3. The molecule has 2 aromatic carbocycles. The summed E-state index contributed by atoms with van der Waals surface area (Å²) in [5.74, 6) is -0.381. The summed E-state index contributed by atoms with van der Waals surface area (Å²) in [5, 5.41) is 11.2. The largest absolute Gasteiger partial charge is 0.383 e. The van der Waals surface area contributed by atoms with E-state index in [0.29, 0.717) is 19.6 Å². The molecule has 216 valence electrons. The van der Waals surface area contributed by atoms with Crippen LogP contribution < -0.4 is 0 Å². The first-order valence-electron chi connectivity index (χ1n) is 12.7. The Kier molecular flexibility index (Phi) is 11.7. The van der Waals surface area contributed by atoms with Gasteiger partial charge in [-0.15, -0.1) is 0 Å². The van der Waals surface area contributed by atoms with Gasteiger partial charge in [-0.3, -0.25) is 14.9 Å². The van der Waals surface area contributed by atoms with Crippen molar-refractivity contribution in [2.45, 2.75) is 37.8 Å². The molecule has 0 aliphatic rings. The van der Waals surface area contributed by atoms with E-state index in [-0.39, 0.29) is 29.0 Å². The summed E-state index contributed by atoms with van der Waals surface area (Å²) in [4.78, 5) is 25.5. The van der Waals surface area contributed by atoms with Crippen molar-refractivity contribution in [1.29, 1.82) is 0 Å². The van der Waals surface area contributed by atoms with Gasteiger partial charge >= 0.3 is 0 Å². The molecule has 0 aliphatic heterocycles. The van der Waals surface area contributed by atoms with Crippen molar-refractivity contribution in [3.63, 3.8) is 0 Å². The molecule has 10 nitrogen and oxygen atoms in total. The Bertz CT molecular complexity index is 1410. The summed E-state index contributed by atoms with van der Waals surface area (Å²) in [7, 11) is -2.85. The number of unbranched alkanes of at least 4 members (excludes halogenated alkanes) is 1. The van der Waals surface area contributed by atoms with Crippen LogP contribution in [0.1, 0.15) is 31.0 Å². The second-order valence-corrected chi connectivity index (χ2v) is 12.4. The molecule has 0 aliphatic carbocycles. The lowest BCUT2D eigenvalue weighted by molar-refractivity contribution is -0.384. The Hall–Kier alpha value is -2.77. The third kappa shape index (κ3) is 8.37. The average Bonchev–Trinajstić information content (AvgIpc) is 3.36. The van der Waals surface area contributed by atoms with Gasteiger partial charge in [-0.1, -0.05) is 53.0 Å². The fraction of sp³-hybridized carbons (Fsp3) is 0.370. The number of hydrogen-bond donors (Lipinski definition) is 0. The Morgan fingerprint density at radius 2 is 1.88 bits per heavy atom. The molecule has 0 saturated carbocycles. The minimum atomic E-state index is -4.28. The van der Waals surface area contributed by atoms with Gasteiger partial charge < -0.3 is 14.2 Å². The van der Waals surface area contributed by atoms with E-state index in [2.05, 4.69) is 20.5 Å². The molecule has 0 unspecified atom stereocenters. The molecule has 13 heteroatoms. The highest BCUT2D eigenvalue weighted by molar-refractivity contribution is 9.10. The first-order chi connectivity index (χ1) is 19.1. The fourth-order valence-electron chi connectivity index (χ4n) is 4.04. The molecule has 40 heavy (non-hydrogen) atoms. The van der Waals surface area contributed by atoms with E-state index in [0.717, 1.165) is 45.0 Å². The van der Waals surface area contributed by atoms with Crippen LogP contribution >= 0.6 is 27.5 Å². The van der Waals surface area contributed by atoms with E-state index in [9.17, 15) is 23.3 Å². The first kappa shape index (κ1) is 31.8. The standard InChI is InChI=1S/C27H32BrClN4O6S/c1-3-4-13-31(19-23-6-5-14-30(23)18-21-7-9-22(28)10-8-21)27(34)20-32(15-16-39-2)40(37,38)24-11-12-25(29)26(17-24)33(35)36/h5-12,14,17H,3-4,13,15-16,18-20H2,1-2H3. The van der Waals surface area contributed by atoms with E-state index in [1.807, 2.05) is 49.5 Å². The number of methoxy groups -OCH3 is 1. The lowest BCUT2D eigenvalue weighted by Crippen LogP contribution is -2.44. The molecular weight excluding hydrogens is 624 g/mol. The van der Waals surface area contributed by atoms with Crippen molar-refractivity contribution < 1.29 is 22.9 Å². The van der Waals surface area contributed by atoms with Gasteiger partial charge in [0.15, 0.2) is 0 Å². The van der Waals surface area contributed by atoms with Crippen LogP contribution in [-0.2, 0) is 32.6 Å². The van der Waals surface area contributed by atoms with Crippen molar-refractivity contribution in [2.75, 3.05) is 33.4 Å². The molecule has 0 bridgehead atoms. The summed E-state index contributed by atoms with van der Waals surface area (Å²) in [6, 6.07) is 15.1. The van der Waals surface area contributed by atoms with Crippen LogP contribution in [0.5, 0.6) is 0 Å². The molecule has 1 aromatic heterocycles. The molecule has 1 amide bonds. The number of nitro groups is 1. The lowest BCUT2D eigenvalue weighted by atomic mass is 10.2. The smallest absolute Gasteiger partial charge is 0.289 e. The predicted molar refractivity (Wildman–Crippen MR) is 157 cm³/mol. The van der Waals surface area contributed by atoms with Crippen LogP contribution in [-0.4, -0.2) is 66.4 Å². The average molecular weight is 656 g/mol. The Morgan fingerprint density at radius 3 is 2.52 bits per heavy atom. The number of nitrogens with zero attached hydrogens (tertiary/aromatic N) is 4. The number of sulfonamides is 1. The second-order valence-electron chi connectivity index (χ2n) is 9.12. The SMILES string of the molecule is CCCCN(Cc1cccn1Cc1ccc(Br)cc1)C(=O)CN(CCOC)S(=O)(=O)c1ccc(Cl)c([N+](=O)[O-])c1. The molecular formula is C27H32BrClN4O6S. The zero-order valence-corrected chi connectivity index (χ0v) is 25.5. The van der Waals surface area contributed by atoms with Crippen molar-refractivity contribution in [3.05, 3.63) is 91.7 Å². The number of nitro benzene ring substituents is 1. The third-order valence-electron chi connectivity index (χ3n) is 6.29. The zero-order valence-electron chi connectivity index (χ0n) is 22.3. The van der Waals surface area contributed by atoms with Crippen LogP contribution in [0.25, 0.3) is 0 Å². The van der Waals surface area contributed by atoms with Crippen molar-refractivity contribution in [1.82, 2.24) is 13.8 Å². The van der Waals surface area contributed by atoms with E-state index in [1.54, 1.807) is 4.90 Å². The normalized spacial score (nSPS) is 11.6. The van der Waals surface area contributed by atoms with Gasteiger partial charge in [-0.05, 0) is 48.4 Å². The number of carbonyl (C=O) groups is 1. The van der Waals surface area contributed by atoms with E-state index < -0.39 is 27.2 Å². The zero-order chi connectivity index (χ0) is 29.3. The van der Waals surface area contributed by atoms with Crippen molar-refractivity contribution >= 4 is 49.1 Å². The van der Waals surface area contributed by atoms with Gasteiger partial charge in [0.2, 0.25) is 15.9 Å². The highest BCUT2D eigenvalue weighted by Crippen LogP contribution is 2.28. The lowest BCUT2D eigenvalue weighted by Gasteiger charge is -2.27. The maximum atomic E-state index is 13.6. The molecule has 0 saturated heterocycles. The minimum Gasteiger partial charge on any atom is -0.383 e. The highest BCUT2D eigenvalue weighted by atomic mass is 79.9. The number of amides is 1. The highest BCUT2D eigenvalue weighted by Gasteiger charge is 2.30. The Balaban J connectivity index is 1.85. The fourth-order valence-corrected chi connectivity index (χ4v) is 5.89. The summed E-state index contributed by atoms with van der Waals surface area (Å²) >= 11 is 9.33. The van der Waals surface area contributed by atoms with Gasteiger partial charge in [0.1, 0.15) is 5.02 Å². The number of ether oxygens (including phenoxy) is 1. The van der Waals surface area contributed by atoms with E-state index in [4.69, 9.17) is 16.3 Å². The van der Waals surface area contributed by atoms with Crippen LogP contribution in [0.15, 0.2) is 70.2 Å². The molecule has 1 heterocycles. The summed E-state index contributed by atoms with van der Waals surface area (Å²) in [6.45, 7) is 2.86. The molecule has 3 rings (SSSR count). The Morgan fingerprint density at radius 1 is 1.15 bits per heavy atom. The minimum absolute atomic E-state index is 0.0349. The Labute approximate surface area is 247 Å². The molecule has 0 atom stereocenters. The molecule has 3 aromatic rings. The van der Waals surface area contributed by atoms with Crippen molar-refractivity contribution in [3.8, 4) is 0 Å².